The summed E-state index contributed by atoms with van der Waals surface area (Å²) >= 11 is 1.55. The van der Waals surface area contributed by atoms with Gasteiger partial charge in [0, 0.05) is 5.38 Å². The van der Waals surface area contributed by atoms with Gasteiger partial charge in [-0.3, -0.25) is 0 Å². The largest absolute Gasteiger partial charge is 0.475 e. The van der Waals surface area contributed by atoms with Crippen LogP contribution in [-0.4, -0.2) is 16.1 Å². The van der Waals surface area contributed by atoms with Gasteiger partial charge in [0.25, 0.3) is 0 Å². The van der Waals surface area contributed by atoms with Crippen molar-refractivity contribution in [1.82, 2.24) is 4.98 Å². The Balaban J connectivity index is 2.47. The molecule has 17 heavy (non-hydrogen) atoms. The molecular formula is C12H13NO3S. The molecule has 2 aromatic rings. The highest BCUT2D eigenvalue weighted by Crippen LogP contribution is 2.28. The van der Waals surface area contributed by atoms with Gasteiger partial charge in [0.2, 0.25) is 11.7 Å². The number of carboxylic acids is 1. The summed E-state index contributed by atoms with van der Waals surface area (Å²) in [7, 11) is 0. The van der Waals surface area contributed by atoms with E-state index in [0.717, 1.165) is 17.5 Å². The summed E-state index contributed by atoms with van der Waals surface area (Å²) in [5.41, 5.74) is 2.46. The van der Waals surface area contributed by atoms with Crippen LogP contribution >= 0.6 is 11.3 Å². The molecule has 0 spiro atoms. The normalized spacial score (nSPS) is 10.7. The van der Waals surface area contributed by atoms with Crippen LogP contribution in [0, 0.1) is 6.92 Å². The van der Waals surface area contributed by atoms with Crippen molar-refractivity contribution in [2.75, 3.05) is 0 Å². The maximum atomic E-state index is 11.0. The molecule has 0 fully saturated rings. The van der Waals surface area contributed by atoms with Crippen LogP contribution in [0.25, 0.3) is 11.5 Å². The van der Waals surface area contributed by atoms with Gasteiger partial charge in [-0.15, -0.1) is 0 Å². The molecule has 0 saturated carbocycles. The zero-order chi connectivity index (χ0) is 12.4. The predicted octanol–water partition coefficient (Wildman–Crippen LogP) is 3.36. The van der Waals surface area contributed by atoms with Crippen molar-refractivity contribution in [3.8, 4) is 11.5 Å². The molecule has 0 aliphatic carbocycles. The fourth-order valence-corrected chi connectivity index (χ4v) is 2.44. The third-order valence-electron chi connectivity index (χ3n) is 2.46. The minimum absolute atomic E-state index is 0.0348. The molecule has 1 N–H and O–H groups in total. The topological polar surface area (TPSA) is 63.3 Å². The Morgan fingerprint density at radius 3 is 2.82 bits per heavy atom. The first-order valence-electron chi connectivity index (χ1n) is 5.39. The maximum absolute atomic E-state index is 11.0. The SMILES string of the molecule is CCCc1nc(-c2cscc2C)oc1C(=O)O. The van der Waals surface area contributed by atoms with Crippen LogP contribution in [-0.2, 0) is 6.42 Å². The lowest BCUT2D eigenvalue weighted by atomic mass is 10.2. The van der Waals surface area contributed by atoms with Crippen molar-refractivity contribution in [1.29, 1.82) is 0 Å². The van der Waals surface area contributed by atoms with E-state index < -0.39 is 5.97 Å². The van der Waals surface area contributed by atoms with Gasteiger partial charge >= 0.3 is 5.97 Å². The molecule has 0 bridgehead atoms. The van der Waals surface area contributed by atoms with Gasteiger partial charge in [-0.25, -0.2) is 9.78 Å². The molecule has 0 radical (unpaired) electrons. The van der Waals surface area contributed by atoms with Crippen LogP contribution < -0.4 is 0 Å². The quantitative estimate of drug-likeness (QED) is 0.905. The van der Waals surface area contributed by atoms with Gasteiger partial charge in [0.15, 0.2) is 0 Å². The number of hydrogen-bond acceptors (Lipinski definition) is 4. The number of aromatic carboxylic acids is 1. The summed E-state index contributed by atoms with van der Waals surface area (Å²) in [6, 6.07) is 0. The van der Waals surface area contributed by atoms with Crippen LogP contribution in [0.2, 0.25) is 0 Å². The minimum Gasteiger partial charge on any atom is -0.475 e. The van der Waals surface area contributed by atoms with E-state index in [-0.39, 0.29) is 5.76 Å². The highest BCUT2D eigenvalue weighted by Gasteiger charge is 2.20. The molecule has 0 saturated heterocycles. The van der Waals surface area contributed by atoms with E-state index >= 15 is 0 Å². The molecule has 0 aliphatic heterocycles. The van der Waals surface area contributed by atoms with Crippen LogP contribution in [0.1, 0.15) is 35.2 Å². The molecule has 0 aromatic carbocycles. The predicted molar refractivity (Wildman–Crippen MR) is 65.5 cm³/mol. The Labute approximate surface area is 103 Å². The fraction of sp³-hybridized carbons (Fsp3) is 0.333. The van der Waals surface area contributed by atoms with Crippen molar-refractivity contribution in [2.24, 2.45) is 0 Å². The molecule has 2 aromatic heterocycles. The van der Waals surface area contributed by atoms with Gasteiger partial charge < -0.3 is 9.52 Å². The monoisotopic (exact) mass is 251 g/mol. The van der Waals surface area contributed by atoms with Crippen molar-refractivity contribution in [2.45, 2.75) is 26.7 Å². The molecule has 0 unspecified atom stereocenters. The zero-order valence-electron chi connectivity index (χ0n) is 9.69. The van der Waals surface area contributed by atoms with Gasteiger partial charge in [-0.1, -0.05) is 13.3 Å². The minimum atomic E-state index is -1.06. The summed E-state index contributed by atoms with van der Waals surface area (Å²) in [6.07, 6.45) is 1.46. The van der Waals surface area contributed by atoms with Crippen molar-refractivity contribution in [3.05, 3.63) is 27.8 Å². The number of rotatable bonds is 4. The second kappa shape index (κ2) is 4.71. The van der Waals surface area contributed by atoms with Gasteiger partial charge in [-0.2, -0.15) is 11.3 Å². The van der Waals surface area contributed by atoms with E-state index in [1.807, 2.05) is 24.6 Å². The molecule has 2 heterocycles. The second-order valence-electron chi connectivity index (χ2n) is 3.82. The first-order chi connectivity index (χ1) is 8.13. The fourth-order valence-electron chi connectivity index (χ4n) is 1.62. The van der Waals surface area contributed by atoms with Crippen LogP contribution in [0.3, 0.4) is 0 Å². The highest BCUT2D eigenvalue weighted by atomic mass is 32.1. The summed E-state index contributed by atoms with van der Waals surface area (Å²) in [5.74, 6) is -0.683. The lowest BCUT2D eigenvalue weighted by Crippen LogP contribution is -1.99. The third-order valence-corrected chi connectivity index (χ3v) is 3.33. The van der Waals surface area contributed by atoms with E-state index in [2.05, 4.69) is 4.98 Å². The summed E-state index contributed by atoms with van der Waals surface area (Å²) in [6.45, 7) is 3.94. The number of thiophene rings is 1. The first-order valence-corrected chi connectivity index (χ1v) is 6.34. The molecule has 90 valence electrons. The lowest BCUT2D eigenvalue weighted by Gasteiger charge is -1.91. The average molecular weight is 251 g/mol. The molecule has 5 heteroatoms. The van der Waals surface area contributed by atoms with E-state index in [0.29, 0.717) is 18.0 Å². The summed E-state index contributed by atoms with van der Waals surface area (Å²) < 4.78 is 5.35. The highest BCUT2D eigenvalue weighted by molar-refractivity contribution is 7.08. The Hall–Kier alpha value is -1.62. The molecule has 4 nitrogen and oxygen atoms in total. The molecular weight excluding hydrogens is 238 g/mol. The van der Waals surface area contributed by atoms with E-state index in [9.17, 15) is 4.79 Å². The summed E-state index contributed by atoms with van der Waals surface area (Å²) in [4.78, 5) is 15.3. The zero-order valence-corrected chi connectivity index (χ0v) is 10.5. The van der Waals surface area contributed by atoms with E-state index in [1.165, 1.54) is 0 Å². The lowest BCUT2D eigenvalue weighted by molar-refractivity contribution is 0.0661. The number of aromatic nitrogens is 1. The first kappa shape index (κ1) is 11.9. The smallest absolute Gasteiger partial charge is 0.373 e. The molecule has 2 rings (SSSR count). The van der Waals surface area contributed by atoms with Gasteiger partial charge in [-0.05, 0) is 24.3 Å². The average Bonchev–Trinajstić information content (AvgIpc) is 2.84. The van der Waals surface area contributed by atoms with Gasteiger partial charge in [0.05, 0.1) is 11.3 Å². The number of oxazole rings is 1. The summed E-state index contributed by atoms with van der Waals surface area (Å²) in [5, 5.41) is 12.9. The maximum Gasteiger partial charge on any atom is 0.373 e. The van der Waals surface area contributed by atoms with E-state index in [1.54, 1.807) is 11.3 Å². The van der Waals surface area contributed by atoms with Crippen molar-refractivity contribution in [3.63, 3.8) is 0 Å². The number of carbonyl (C=O) groups is 1. The molecule has 0 aliphatic rings. The van der Waals surface area contributed by atoms with Gasteiger partial charge in [0.1, 0.15) is 0 Å². The second-order valence-corrected chi connectivity index (χ2v) is 4.56. The molecule has 0 atom stereocenters. The number of nitrogens with zero attached hydrogens (tertiary/aromatic N) is 1. The Bertz CT molecular complexity index is 542. The Kier molecular flexibility index (Phi) is 3.28. The number of carboxylic acid groups (broad SMARTS) is 1. The van der Waals surface area contributed by atoms with Crippen LogP contribution in [0.5, 0.6) is 0 Å². The van der Waals surface area contributed by atoms with Crippen molar-refractivity contribution >= 4 is 17.3 Å². The third kappa shape index (κ3) is 2.24. The Morgan fingerprint density at radius 2 is 2.29 bits per heavy atom. The van der Waals surface area contributed by atoms with E-state index in [4.69, 9.17) is 9.52 Å². The van der Waals surface area contributed by atoms with Crippen molar-refractivity contribution < 1.29 is 14.3 Å². The number of hydrogen-bond donors (Lipinski definition) is 1. The number of aryl methyl sites for hydroxylation is 2. The molecule has 0 amide bonds. The standard InChI is InChI=1S/C12H13NO3S/c1-3-4-9-10(12(14)15)16-11(13-9)8-6-17-5-7(8)2/h5-6H,3-4H2,1-2H3,(H,14,15). The van der Waals surface area contributed by atoms with Crippen LogP contribution in [0.15, 0.2) is 15.2 Å². The Morgan fingerprint density at radius 1 is 1.53 bits per heavy atom. The van der Waals surface area contributed by atoms with Crippen LogP contribution in [0.4, 0.5) is 0 Å².